The molecule has 0 spiro atoms. The molecule has 31 heavy (non-hydrogen) atoms. The van der Waals surface area contributed by atoms with Gasteiger partial charge >= 0.3 is 0 Å². The fourth-order valence-electron chi connectivity index (χ4n) is 2.77. The van der Waals surface area contributed by atoms with Gasteiger partial charge in [0.1, 0.15) is 24.2 Å². The maximum Gasteiger partial charge on any atom is 0.251 e. The fourth-order valence-corrected chi connectivity index (χ4v) is 2.77. The zero-order valence-corrected chi connectivity index (χ0v) is 16.3. The summed E-state index contributed by atoms with van der Waals surface area (Å²) in [4.78, 5) is 31.7. The summed E-state index contributed by atoms with van der Waals surface area (Å²) in [6.07, 6.45) is 4.68. The Labute approximate surface area is 177 Å². The summed E-state index contributed by atoms with van der Waals surface area (Å²) < 4.78 is 7.27. The lowest BCUT2D eigenvalue weighted by Crippen LogP contribution is -2.22. The van der Waals surface area contributed by atoms with Crippen LogP contribution in [0.4, 0.5) is 0 Å². The van der Waals surface area contributed by atoms with Gasteiger partial charge in [-0.1, -0.05) is 6.07 Å². The van der Waals surface area contributed by atoms with Crippen LogP contribution in [0.5, 0.6) is 11.5 Å². The summed E-state index contributed by atoms with van der Waals surface area (Å²) in [6.45, 7) is 0.341. The van der Waals surface area contributed by atoms with Crippen LogP contribution in [-0.4, -0.2) is 31.6 Å². The Morgan fingerprint density at radius 1 is 0.935 bits per heavy atom. The molecule has 0 aliphatic rings. The molecule has 0 aliphatic heterocycles. The molecule has 0 atom stereocenters. The Bertz CT molecular complexity index is 1170. The number of aromatic nitrogens is 4. The van der Waals surface area contributed by atoms with Gasteiger partial charge in [0.2, 0.25) is 5.91 Å². The van der Waals surface area contributed by atoms with Crippen molar-refractivity contribution in [2.45, 2.75) is 6.54 Å². The fraction of sp³-hybridized carbons (Fsp3) is 0.0455. The van der Waals surface area contributed by atoms with Gasteiger partial charge in [-0.25, -0.2) is 14.6 Å². The predicted octanol–water partition coefficient (Wildman–Crippen LogP) is 2.48. The summed E-state index contributed by atoms with van der Waals surface area (Å²) in [7, 11) is 0. The first-order chi connectivity index (χ1) is 15.1. The molecule has 9 heteroatoms. The van der Waals surface area contributed by atoms with Gasteiger partial charge < -0.3 is 15.8 Å². The van der Waals surface area contributed by atoms with Gasteiger partial charge in [-0.15, -0.1) is 0 Å². The van der Waals surface area contributed by atoms with Gasteiger partial charge in [0.05, 0.1) is 0 Å². The Balaban J connectivity index is 1.32. The van der Waals surface area contributed by atoms with E-state index in [4.69, 9.17) is 10.5 Å². The van der Waals surface area contributed by atoms with Crippen molar-refractivity contribution in [2.75, 3.05) is 0 Å². The van der Waals surface area contributed by atoms with E-state index in [2.05, 4.69) is 20.4 Å². The number of carbonyl (C=O) groups excluding carboxylic acids is 2. The van der Waals surface area contributed by atoms with Crippen molar-refractivity contribution in [1.29, 1.82) is 0 Å². The van der Waals surface area contributed by atoms with E-state index in [1.807, 2.05) is 6.07 Å². The highest BCUT2D eigenvalue weighted by Gasteiger charge is 2.07. The Morgan fingerprint density at radius 2 is 1.61 bits per heavy atom. The van der Waals surface area contributed by atoms with Crippen LogP contribution in [0.1, 0.15) is 26.3 Å². The summed E-state index contributed by atoms with van der Waals surface area (Å²) in [5.74, 6) is 1.06. The topological polar surface area (TPSA) is 125 Å². The minimum absolute atomic E-state index is 0.210. The quantitative estimate of drug-likeness (QED) is 0.479. The van der Waals surface area contributed by atoms with Crippen LogP contribution in [0.25, 0.3) is 5.82 Å². The zero-order chi connectivity index (χ0) is 21.6. The van der Waals surface area contributed by atoms with Crippen LogP contribution in [0.3, 0.4) is 0 Å². The number of nitrogens with zero attached hydrogens (tertiary/aromatic N) is 4. The van der Waals surface area contributed by atoms with E-state index in [-0.39, 0.29) is 5.91 Å². The van der Waals surface area contributed by atoms with Crippen molar-refractivity contribution in [1.82, 2.24) is 25.1 Å². The van der Waals surface area contributed by atoms with Crippen molar-refractivity contribution in [2.24, 2.45) is 5.73 Å². The monoisotopic (exact) mass is 414 g/mol. The molecule has 0 fully saturated rings. The van der Waals surface area contributed by atoms with Crippen LogP contribution in [0.15, 0.2) is 79.5 Å². The van der Waals surface area contributed by atoms with Gasteiger partial charge in [-0.05, 0) is 60.2 Å². The normalized spacial score (nSPS) is 10.5. The number of primary amides is 1. The third-order valence-electron chi connectivity index (χ3n) is 4.41. The third kappa shape index (κ3) is 4.91. The number of carbonyl (C=O) groups is 2. The number of hydrogen-bond acceptors (Lipinski definition) is 6. The number of amides is 2. The minimum atomic E-state index is -0.496. The first kappa shape index (κ1) is 19.8. The van der Waals surface area contributed by atoms with Crippen LogP contribution in [-0.2, 0) is 6.54 Å². The van der Waals surface area contributed by atoms with Gasteiger partial charge in [0.25, 0.3) is 5.91 Å². The van der Waals surface area contributed by atoms with Crippen LogP contribution in [0.2, 0.25) is 0 Å². The number of nitrogens with one attached hydrogen (secondary N) is 1. The number of nitrogens with two attached hydrogens (primary N) is 1. The molecule has 0 aliphatic carbocycles. The van der Waals surface area contributed by atoms with Gasteiger partial charge in [0.15, 0.2) is 5.82 Å². The van der Waals surface area contributed by atoms with E-state index in [0.29, 0.717) is 35.0 Å². The average Bonchev–Trinajstić information content (AvgIpc) is 3.34. The third-order valence-corrected chi connectivity index (χ3v) is 4.41. The lowest BCUT2D eigenvalue weighted by molar-refractivity contribution is 0.0949. The second kappa shape index (κ2) is 8.87. The molecule has 0 unspecified atom stereocenters. The molecule has 0 bridgehead atoms. The molecule has 0 radical (unpaired) electrons. The van der Waals surface area contributed by atoms with Crippen molar-refractivity contribution < 1.29 is 14.3 Å². The summed E-state index contributed by atoms with van der Waals surface area (Å²) in [5.41, 5.74) is 6.99. The predicted molar refractivity (Wildman–Crippen MR) is 112 cm³/mol. The highest BCUT2D eigenvalue weighted by molar-refractivity contribution is 5.94. The van der Waals surface area contributed by atoms with Gasteiger partial charge in [-0.3, -0.25) is 9.59 Å². The van der Waals surface area contributed by atoms with Crippen LogP contribution in [0, 0.1) is 0 Å². The number of ether oxygens (including phenoxy) is 1. The lowest BCUT2D eigenvalue weighted by atomic mass is 10.2. The molecule has 0 saturated carbocycles. The number of benzene rings is 2. The second-order valence-corrected chi connectivity index (χ2v) is 6.56. The Kier molecular flexibility index (Phi) is 5.66. The van der Waals surface area contributed by atoms with Gasteiger partial charge in [0, 0.05) is 23.9 Å². The molecule has 2 amide bonds. The van der Waals surface area contributed by atoms with Crippen LogP contribution >= 0.6 is 0 Å². The highest BCUT2D eigenvalue weighted by atomic mass is 16.5. The molecule has 4 aromatic rings. The molecular weight excluding hydrogens is 396 g/mol. The molecule has 3 N–H and O–H groups in total. The maximum absolute atomic E-state index is 12.4. The second-order valence-electron chi connectivity index (χ2n) is 6.56. The molecule has 154 valence electrons. The van der Waals surface area contributed by atoms with Crippen molar-refractivity contribution in [3.05, 3.63) is 96.2 Å². The van der Waals surface area contributed by atoms with E-state index in [0.717, 1.165) is 5.56 Å². The van der Waals surface area contributed by atoms with E-state index in [1.54, 1.807) is 71.8 Å². The number of pyridine rings is 1. The van der Waals surface area contributed by atoms with Gasteiger partial charge in [-0.2, -0.15) is 5.10 Å². The summed E-state index contributed by atoms with van der Waals surface area (Å²) in [6, 6.07) is 16.9. The van der Waals surface area contributed by atoms with Crippen molar-refractivity contribution in [3.8, 4) is 17.3 Å². The first-order valence-corrected chi connectivity index (χ1v) is 9.34. The van der Waals surface area contributed by atoms with E-state index >= 15 is 0 Å². The standard InChI is InChI=1S/C22H18N6O3/c23-21(29)16-2-6-18(7-3-16)31-19-8-4-17(5-9-19)22(30)26-12-15-1-10-20(25-11-15)28-14-24-13-27-28/h1-11,13-14H,12H2,(H2,23,29)(H,26,30). The van der Waals surface area contributed by atoms with E-state index < -0.39 is 5.91 Å². The van der Waals surface area contributed by atoms with E-state index in [9.17, 15) is 9.59 Å². The Morgan fingerprint density at radius 3 is 2.16 bits per heavy atom. The molecule has 2 aromatic heterocycles. The van der Waals surface area contributed by atoms with Crippen molar-refractivity contribution >= 4 is 11.8 Å². The largest absolute Gasteiger partial charge is 0.457 e. The van der Waals surface area contributed by atoms with Crippen LogP contribution < -0.4 is 15.8 Å². The molecule has 4 rings (SSSR count). The molecule has 9 nitrogen and oxygen atoms in total. The van der Waals surface area contributed by atoms with Crippen molar-refractivity contribution in [3.63, 3.8) is 0 Å². The molecular formula is C22H18N6O3. The lowest BCUT2D eigenvalue weighted by Gasteiger charge is -2.08. The smallest absolute Gasteiger partial charge is 0.251 e. The zero-order valence-electron chi connectivity index (χ0n) is 16.3. The molecule has 2 aromatic carbocycles. The van der Waals surface area contributed by atoms with E-state index in [1.165, 1.54) is 6.33 Å². The minimum Gasteiger partial charge on any atom is -0.457 e. The molecule has 0 saturated heterocycles. The number of hydrogen-bond donors (Lipinski definition) is 2. The SMILES string of the molecule is NC(=O)c1ccc(Oc2ccc(C(=O)NCc3ccc(-n4cncn4)nc3)cc2)cc1. The maximum atomic E-state index is 12.4. The highest BCUT2D eigenvalue weighted by Crippen LogP contribution is 2.22. The first-order valence-electron chi connectivity index (χ1n) is 9.34. The number of rotatable bonds is 7. The average molecular weight is 414 g/mol. The molecule has 2 heterocycles. The summed E-state index contributed by atoms with van der Waals surface area (Å²) >= 11 is 0. The Hall–Kier alpha value is -4.53. The summed E-state index contributed by atoms with van der Waals surface area (Å²) in [5, 5.41) is 6.88.